The Labute approximate surface area is 359 Å². The van der Waals surface area contributed by atoms with Gasteiger partial charge in [0.1, 0.15) is 0 Å². The number of hydrogen-bond acceptors (Lipinski definition) is 4. The summed E-state index contributed by atoms with van der Waals surface area (Å²) in [5, 5.41) is 13.3. The van der Waals surface area contributed by atoms with E-state index in [9.17, 15) is 22.9 Å². The van der Waals surface area contributed by atoms with Gasteiger partial charge in [-0.2, -0.15) is 8.42 Å². The van der Waals surface area contributed by atoms with Crippen LogP contribution in [0.3, 0.4) is 0 Å². The fourth-order valence-electron chi connectivity index (χ4n) is 7.05. The molecule has 336 valence electrons. The van der Waals surface area contributed by atoms with E-state index in [1.165, 1.54) is 134 Å². The fraction of sp³-hybridized carbons (Fsp3) is 0.745. The van der Waals surface area contributed by atoms with Crippen molar-refractivity contribution in [2.75, 3.05) is 5.75 Å². The molecule has 6 nitrogen and oxygen atoms in total. The molecule has 0 spiro atoms. The third kappa shape index (κ3) is 44.9. The number of nitrogens with one attached hydrogen (secondary N) is 1. The molecule has 1 amide bonds. The molecule has 0 aliphatic carbocycles. The van der Waals surface area contributed by atoms with E-state index in [4.69, 9.17) is 0 Å². The first-order chi connectivity index (χ1) is 28.3. The summed E-state index contributed by atoms with van der Waals surface area (Å²) < 4.78 is 32.6. The first kappa shape index (κ1) is 55.8. The monoisotopic (exact) mass is 830 g/mol. The van der Waals surface area contributed by atoms with E-state index >= 15 is 0 Å². The number of rotatable bonds is 43. The van der Waals surface area contributed by atoms with Gasteiger partial charge < -0.3 is 10.4 Å². The van der Waals surface area contributed by atoms with Crippen molar-refractivity contribution < 1.29 is 22.9 Å². The molecule has 0 radical (unpaired) electrons. The average Bonchev–Trinajstić information content (AvgIpc) is 3.19. The number of allylic oxidation sites excluding steroid dienone is 11. The molecule has 0 saturated heterocycles. The van der Waals surface area contributed by atoms with Crippen LogP contribution < -0.4 is 5.32 Å². The van der Waals surface area contributed by atoms with Crippen LogP contribution in [0.15, 0.2) is 72.9 Å². The second-order valence-corrected chi connectivity index (χ2v) is 17.8. The van der Waals surface area contributed by atoms with Crippen LogP contribution in [0, 0.1) is 0 Å². The van der Waals surface area contributed by atoms with Crippen LogP contribution in [0.25, 0.3) is 0 Å². The van der Waals surface area contributed by atoms with E-state index in [1.54, 1.807) is 0 Å². The van der Waals surface area contributed by atoms with Crippen LogP contribution in [-0.2, 0) is 14.9 Å². The topological polar surface area (TPSA) is 104 Å². The van der Waals surface area contributed by atoms with E-state index in [-0.39, 0.29) is 12.3 Å². The highest BCUT2D eigenvalue weighted by molar-refractivity contribution is 7.85. The number of aliphatic hydroxyl groups is 1. The molecule has 0 saturated carbocycles. The van der Waals surface area contributed by atoms with Gasteiger partial charge in [0.05, 0.1) is 17.9 Å². The van der Waals surface area contributed by atoms with Gasteiger partial charge >= 0.3 is 0 Å². The third-order valence-corrected chi connectivity index (χ3v) is 11.4. The first-order valence-electron chi connectivity index (χ1n) is 24.1. The number of amides is 1. The zero-order valence-electron chi connectivity index (χ0n) is 37.7. The van der Waals surface area contributed by atoms with Crippen molar-refractivity contribution in [3.8, 4) is 0 Å². The summed E-state index contributed by atoms with van der Waals surface area (Å²) in [5.74, 6) is -1.01. The molecular formula is C51H91NO5S. The number of hydrogen-bond donors (Lipinski definition) is 3. The van der Waals surface area contributed by atoms with Gasteiger partial charge in [-0.3, -0.25) is 9.35 Å². The lowest BCUT2D eigenvalue weighted by Gasteiger charge is -2.21. The lowest BCUT2D eigenvalue weighted by atomic mass is 10.0. The smallest absolute Gasteiger partial charge is 0.267 e. The Kier molecular flexibility index (Phi) is 42.6. The van der Waals surface area contributed by atoms with E-state index in [0.717, 1.165) is 70.6 Å². The van der Waals surface area contributed by atoms with Crippen LogP contribution in [0.4, 0.5) is 0 Å². The second kappa shape index (κ2) is 44.3. The van der Waals surface area contributed by atoms with Crippen LogP contribution in [-0.4, -0.2) is 41.9 Å². The first-order valence-corrected chi connectivity index (χ1v) is 25.7. The Bertz CT molecular complexity index is 1190. The molecule has 2 atom stereocenters. The highest BCUT2D eigenvalue weighted by atomic mass is 32.2. The molecule has 0 aliphatic rings. The summed E-state index contributed by atoms with van der Waals surface area (Å²) >= 11 is 0. The molecule has 0 fully saturated rings. The van der Waals surface area contributed by atoms with Crippen LogP contribution >= 0.6 is 0 Å². The molecule has 0 heterocycles. The average molecular weight is 830 g/mol. The van der Waals surface area contributed by atoms with E-state index in [0.29, 0.717) is 6.42 Å². The van der Waals surface area contributed by atoms with Gasteiger partial charge in [0.25, 0.3) is 10.1 Å². The molecule has 0 bridgehead atoms. The van der Waals surface area contributed by atoms with Crippen LogP contribution in [0.2, 0.25) is 0 Å². The van der Waals surface area contributed by atoms with Crippen LogP contribution in [0.5, 0.6) is 0 Å². The molecule has 0 rings (SSSR count). The standard InChI is InChI=1S/C51H91NO5S/c1-3-5-7-9-11-13-15-17-19-21-23-25-26-27-29-31-33-35-37-39-41-43-45-47-51(54)52-49(48-58(55,56)57)50(53)46-44-42-40-38-36-34-32-30-28-24-22-20-18-16-14-12-10-8-6-4-2/h5,7,11,13,17,19,23,25,36,38,44,46,49-50,53H,3-4,6,8-10,12,14-16,18,20-22,24,26-35,37,39-43,45,47-48H2,1-2H3,(H,52,54)(H,55,56,57)/b7-5-,13-11-,19-17-,25-23-,38-36+,46-44+. The second-order valence-electron chi connectivity index (χ2n) is 16.4. The number of carbonyl (C=O) groups excluding carboxylic acids is 1. The Morgan fingerprint density at radius 2 is 0.845 bits per heavy atom. The zero-order chi connectivity index (χ0) is 42.5. The largest absolute Gasteiger partial charge is 0.387 e. The van der Waals surface area contributed by atoms with E-state index in [2.05, 4.69) is 79.9 Å². The molecule has 0 aromatic rings. The van der Waals surface area contributed by atoms with Gasteiger partial charge in [0, 0.05) is 6.42 Å². The van der Waals surface area contributed by atoms with Gasteiger partial charge in [0.15, 0.2) is 0 Å². The Morgan fingerprint density at radius 1 is 0.483 bits per heavy atom. The van der Waals surface area contributed by atoms with Gasteiger partial charge in [-0.05, 0) is 70.6 Å². The van der Waals surface area contributed by atoms with Crippen molar-refractivity contribution in [3.05, 3.63) is 72.9 Å². The summed E-state index contributed by atoms with van der Waals surface area (Å²) in [6.07, 6.45) is 63.3. The van der Waals surface area contributed by atoms with Crippen molar-refractivity contribution >= 4 is 16.0 Å². The maximum absolute atomic E-state index is 12.6. The summed E-state index contributed by atoms with van der Waals surface area (Å²) in [6.45, 7) is 4.43. The Morgan fingerprint density at radius 3 is 1.29 bits per heavy atom. The summed E-state index contributed by atoms with van der Waals surface area (Å²) in [6, 6.07) is -1.08. The summed E-state index contributed by atoms with van der Waals surface area (Å²) in [7, 11) is -4.36. The quantitative estimate of drug-likeness (QED) is 0.0323. The van der Waals surface area contributed by atoms with Gasteiger partial charge in [-0.15, -0.1) is 0 Å². The minimum atomic E-state index is -4.36. The summed E-state index contributed by atoms with van der Waals surface area (Å²) in [4.78, 5) is 12.6. The molecule has 0 aromatic heterocycles. The third-order valence-electron chi connectivity index (χ3n) is 10.6. The SMILES string of the molecule is CC/C=C\C/C=C\C/C=C\C/C=C\CCCCCCCCCCCCC(=O)NC(CS(=O)(=O)O)C(O)/C=C/CC/C=C/CCCCCCCCCCCCCCCC. The summed E-state index contributed by atoms with van der Waals surface area (Å²) in [5.41, 5.74) is 0. The predicted octanol–water partition coefficient (Wildman–Crippen LogP) is 15.0. The van der Waals surface area contributed by atoms with Crippen molar-refractivity contribution in [3.63, 3.8) is 0 Å². The maximum atomic E-state index is 12.6. The van der Waals surface area contributed by atoms with Crippen molar-refractivity contribution in [2.45, 2.75) is 238 Å². The minimum absolute atomic E-state index is 0.280. The fourth-order valence-corrected chi connectivity index (χ4v) is 7.78. The van der Waals surface area contributed by atoms with Crippen molar-refractivity contribution in [1.82, 2.24) is 5.32 Å². The highest BCUT2D eigenvalue weighted by Crippen LogP contribution is 2.15. The molecule has 0 aliphatic heterocycles. The molecule has 2 unspecified atom stereocenters. The van der Waals surface area contributed by atoms with E-state index < -0.39 is 28.0 Å². The number of aliphatic hydroxyl groups excluding tert-OH is 1. The molecule has 7 heteroatoms. The van der Waals surface area contributed by atoms with Gasteiger partial charge in [-0.1, -0.05) is 222 Å². The number of unbranched alkanes of at least 4 members (excludes halogenated alkanes) is 25. The van der Waals surface area contributed by atoms with Crippen molar-refractivity contribution in [1.29, 1.82) is 0 Å². The lowest BCUT2D eigenvalue weighted by molar-refractivity contribution is -0.122. The van der Waals surface area contributed by atoms with Crippen molar-refractivity contribution in [2.24, 2.45) is 0 Å². The van der Waals surface area contributed by atoms with Crippen LogP contribution in [0.1, 0.15) is 226 Å². The normalized spacial score (nSPS) is 13.8. The lowest BCUT2D eigenvalue weighted by Crippen LogP contribution is -2.46. The van der Waals surface area contributed by atoms with Gasteiger partial charge in [0.2, 0.25) is 5.91 Å². The molecule has 0 aromatic carbocycles. The predicted molar refractivity (Wildman–Crippen MR) is 253 cm³/mol. The van der Waals surface area contributed by atoms with Gasteiger partial charge in [-0.25, -0.2) is 0 Å². The Balaban J connectivity index is 3.89. The van der Waals surface area contributed by atoms with E-state index in [1.807, 2.05) is 6.08 Å². The highest BCUT2D eigenvalue weighted by Gasteiger charge is 2.24. The maximum Gasteiger partial charge on any atom is 0.267 e. The zero-order valence-corrected chi connectivity index (χ0v) is 38.5. The molecule has 3 N–H and O–H groups in total. The molecule has 58 heavy (non-hydrogen) atoms. The Hall–Kier alpha value is -2.22. The number of carbonyl (C=O) groups is 1. The minimum Gasteiger partial charge on any atom is -0.387 e. The molecular weight excluding hydrogens is 739 g/mol.